The van der Waals surface area contributed by atoms with Crippen LogP contribution in [0.2, 0.25) is 0 Å². The van der Waals surface area contributed by atoms with Crippen molar-refractivity contribution in [1.82, 2.24) is 0 Å². The molecular weight excluding hydrogens is 256 g/mol. The first-order chi connectivity index (χ1) is 8.14. The molecule has 3 nitrogen and oxygen atoms in total. The van der Waals surface area contributed by atoms with Crippen LogP contribution in [0, 0.1) is 31.6 Å². The van der Waals surface area contributed by atoms with E-state index < -0.39 is 9.84 Å². The van der Waals surface area contributed by atoms with Crippen LogP contribution in [-0.2, 0) is 14.6 Å². The molecule has 1 aliphatic carbocycles. The molecule has 0 amide bonds. The van der Waals surface area contributed by atoms with Crippen LogP contribution in [0.25, 0.3) is 0 Å². The van der Waals surface area contributed by atoms with Gasteiger partial charge in [0.05, 0.1) is 19.0 Å². The smallest absolute Gasteiger partial charge is 0.173 e. The minimum absolute atomic E-state index is 0.0179. The van der Waals surface area contributed by atoms with Crippen LogP contribution in [0.5, 0.6) is 0 Å². The van der Waals surface area contributed by atoms with Gasteiger partial charge in [0, 0.05) is 16.9 Å². The molecule has 0 spiro atoms. The van der Waals surface area contributed by atoms with Crippen molar-refractivity contribution in [3.8, 4) is 0 Å². The van der Waals surface area contributed by atoms with Crippen LogP contribution < -0.4 is 0 Å². The summed E-state index contributed by atoms with van der Waals surface area (Å²) >= 11 is 1.78. The third kappa shape index (κ3) is 7.11. The minimum Gasteiger partial charge on any atom is -0.380 e. The van der Waals surface area contributed by atoms with Crippen molar-refractivity contribution in [3.63, 3.8) is 0 Å². The molecule has 0 N–H and O–H groups in total. The monoisotopic (exact) mass is 273 g/mol. The van der Waals surface area contributed by atoms with Crippen molar-refractivity contribution in [1.29, 1.82) is 0 Å². The Labute approximate surface area is 109 Å². The molecule has 0 aliphatic heterocycles. The SMILES string of the molecule is C=CS(=O)(=O)CCOCCSC[C]1[CH][CH][CH][CH]1. The topological polar surface area (TPSA) is 43.4 Å². The number of sulfone groups is 1. The molecule has 5 radical (unpaired) electrons. The summed E-state index contributed by atoms with van der Waals surface area (Å²) in [5.74, 6) is 3.18. The number of ether oxygens (including phenoxy) is 1. The summed E-state index contributed by atoms with van der Waals surface area (Å²) in [5, 5.41) is 0.973. The van der Waals surface area contributed by atoms with E-state index in [4.69, 9.17) is 4.74 Å². The first kappa shape index (κ1) is 15.1. The summed E-state index contributed by atoms with van der Waals surface area (Å²) in [7, 11) is -3.12. The van der Waals surface area contributed by atoms with Crippen LogP contribution in [0.15, 0.2) is 12.0 Å². The molecule has 1 aliphatic rings. The van der Waals surface area contributed by atoms with Crippen LogP contribution >= 0.6 is 11.8 Å². The maximum Gasteiger partial charge on any atom is 0.173 e. The maximum atomic E-state index is 11.0. The molecule has 17 heavy (non-hydrogen) atoms. The first-order valence-electron chi connectivity index (χ1n) is 5.35. The molecule has 1 saturated carbocycles. The van der Waals surface area contributed by atoms with Crippen LogP contribution in [0.3, 0.4) is 0 Å². The molecule has 1 fully saturated rings. The molecule has 0 unspecified atom stereocenters. The lowest BCUT2D eigenvalue weighted by molar-refractivity contribution is 0.166. The second-order valence-corrected chi connectivity index (χ2v) is 6.66. The average molecular weight is 273 g/mol. The average Bonchev–Trinajstić information content (AvgIpc) is 2.81. The third-order valence-electron chi connectivity index (χ3n) is 2.14. The molecule has 0 bridgehead atoms. The van der Waals surface area contributed by atoms with E-state index in [0.717, 1.165) is 16.9 Å². The largest absolute Gasteiger partial charge is 0.380 e. The molecule has 0 heterocycles. The van der Waals surface area contributed by atoms with E-state index in [1.165, 1.54) is 5.92 Å². The van der Waals surface area contributed by atoms with E-state index in [1.54, 1.807) is 11.8 Å². The maximum absolute atomic E-state index is 11.0. The van der Waals surface area contributed by atoms with Gasteiger partial charge in [0.15, 0.2) is 9.84 Å². The molecule has 0 saturated heterocycles. The number of hydrogen-bond donors (Lipinski definition) is 0. The summed E-state index contributed by atoms with van der Waals surface area (Å²) in [6, 6.07) is 0. The molecular formula is C12H17O3S2. The first-order valence-corrected chi connectivity index (χ1v) is 8.22. The fourth-order valence-electron chi connectivity index (χ4n) is 1.18. The Kier molecular flexibility index (Phi) is 7.23. The summed E-state index contributed by atoms with van der Waals surface area (Å²) in [6.45, 7) is 4.06. The molecule has 5 heteroatoms. The number of hydrogen-bond acceptors (Lipinski definition) is 4. The summed E-state index contributed by atoms with van der Waals surface area (Å²) in [5.41, 5.74) is 0. The highest BCUT2D eigenvalue weighted by Gasteiger charge is 2.16. The van der Waals surface area contributed by atoms with Gasteiger partial charge in [0.2, 0.25) is 0 Å². The Bertz CT molecular complexity index is 306. The highest BCUT2D eigenvalue weighted by molar-refractivity contribution is 7.99. The van der Waals surface area contributed by atoms with Gasteiger partial charge < -0.3 is 4.74 Å². The van der Waals surface area contributed by atoms with Gasteiger partial charge in [-0.15, -0.1) is 0 Å². The Morgan fingerprint density at radius 3 is 2.65 bits per heavy atom. The van der Waals surface area contributed by atoms with E-state index in [9.17, 15) is 8.42 Å². The second-order valence-electron chi connectivity index (χ2n) is 3.49. The zero-order chi connectivity index (χ0) is 12.6. The summed E-state index contributed by atoms with van der Waals surface area (Å²) in [4.78, 5) is 0. The number of rotatable bonds is 9. The van der Waals surface area contributed by atoms with Crippen molar-refractivity contribution < 1.29 is 13.2 Å². The van der Waals surface area contributed by atoms with Gasteiger partial charge in [-0.3, -0.25) is 0 Å². The summed E-state index contributed by atoms with van der Waals surface area (Å²) < 4.78 is 27.3. The standard InChI is InChI=1S/C12H17O3S2/c1-2-17(13,14)10-8-15-7-9-16-11-12-5-3-4-6-12/h2-6H,1,7-11H2. The quantitative estimate of drug-likeness (QED) is 0.600. The lowest BCUT2D eigenvalue weighted by Crippen LogP contribution is -2.11. The van der Waals surface area contributed by atoms with E-state index in [0.29, 0.717) is 6.61 Å². The fourth-order valence-corrected chi connectivity index (χ4v) is 2.50. The molecule has 1 rings (SSSR count). The lowest BCUT2D eigenvalue weighted by Gasteiger charge is -2.07. The second kappa shape index (κ2) is 8.16. The van der Waals surface area contributed by atoms with Crippen molar-refractivity contribution in [2.45, 2.75) is 0 Å². The molecule has 0 aromatic rings. The van der Waals surface area contributed by atoms with Gasteiger partial charge in [0.1, 0.15) is 0 Å². The van der Waals surface area contributed by atoms with E-state index in [-0.39, 0.29) is 12.4 Å². The zero-order valence-corrected chi connectivity index (χ0v) is 11.3. The summed E-state index contributed by atoms with van der Waals surface area (Å²) in [6.07, 6.45) is 8.22. The minimum atomic E-state index is -3.12. The lowest BCUT2D eigenvalue weighted by atomic mass is 10.1. The van der Waals surface area contributed by atoms with Gasteiger partial charge >= 0.3 is 0 Å². The van der Waals surface area contributed by atoms with E-state index >= 15 is 0 Å². The Morgan fingerprint density at radius 1 is 1.29 bits per heavy atom. The van der Waals surface area contributed by atoms with Gasteiger partial charge in [0.25, 0.3) is 0 Å². The van der Waals surface area contributed by atoms with Gasteiger partial charge in [-0.05, 0) is 31.6 Å². The van der Waals surface area contributed by atoms with Gasteiger partial charge in [-0.2, -0.15) is 11.8 Å². The third-order valence-corrected chi connectivity index (χ3v) is 4.37. The zero-order valence-electron chi connectivity index (χ0n) is 9.67. The van der Waals surface area contributed by atoms with Crippen molar-refractivity contribution >= 4 is 21.6 Å². The van der Waals surface area contributed by atoms with Gasteiger partial charge in [-0.1, -0.05) is 6.58 Å². The van der Waals surface area contributed by atoms with E-state index in [2.05, 4.69) is 19.4 Å². The van der Waals surface area contributed by atoms with Gasteiger partial charge in [-0.25, -0.2) is 8.42 Å². The molecule has 0 aromatic carbocycles. The highest BCUT2D eigenvalue weighted by atomic mass is 32.2. The molecule has 0 aromatic heterocycles. The fraction of sp³-hybridized carbons (Fsp3) is 0.417. The van der Waals surface area contributed by atoms with Crippen molar-refractivity contribution in [2.75, 3.05) is 30.5 Å². The Morgan fingerprint density at radius 2 is 2.00 bits per heavy atom. The van der Waals surface area contributed by atoms with Crippen LogP contribution in [0.4, 0.5) is 0 Å². The van der Waals surface area contributed by atoms with Crippen LogP contribution in [-0.4, -0.2) is 38.9 Å². The van der Waals surface area contributed by atoms with Crippen molar-refractivity contribution in [3.05, 3.63) is 43.6 Å². The molecule has 0 atom stereocenters. The predicted molar refractivity (Wildman–Crippen MR) is 72.6 cm³/mol. The number of thioether (sulfide) groups is 1. The molecule has 95 valence electrons. The predicted octanol–water partition coefficient (Wildman–Crippen LogP) is 1.70. The van der Waals surface area contributed by atoms with Crippen LogP contribution in [0.1, 0.15) is 0 Å². The Hall–Kier alpha value is -0.0000000000000000555. The van der Waals surface area contributed by atoms with Crippen molar-refractivity contribution in [2.24, 2.45) is 0 Å². The highest BCUT2D eigenvalue weighted by Crippen LogP contribution is 2.26. The van der Waals surface area contributed by atoms with E-state index in [1.807, 2.05) is 12.8 Å². The Balaban J connectivity index is 1.89. The normalized spacial score (nSPS) is 17.4.